The first-order chi connectivity index (χ1) is 14.4. The molecule has 8 nitrogen and oxygen atoms in total. The first kappa shape index (κ1) is 20.0. The van der Waals surface area contributed by atoms with Gasteiger partial charge in [-0.15, -0.1) is 0 Å². The van der Waals surface area contributed by atoms with E-state index in [9.17, 15) is 8.42 Å². The molecule has 0 amide bonds. The van der Waals surface area contributed by atoms with Crippen molar-refractivity contribution in [3.63, 3.8) is 0 Å². The lowest BCUT2D eigenvalue weighted by Gasteiger charge is -2.37. The molecule has 2 saturated heterocycles. The third-order valence-corrected chi connectivity index (χ3v) is 8.85. The number of halogens is 1. The van der Waals surface area contributed by atoms with Gasteiger partial charge in [0.25, 0.3) is 0 Å². The van der Waals surface area contributed by atoms with Crippen LogP contribution in [0.1, 0.15) is 44.1 Å². The Balaban J connectivity index is 1.31. The Morgan fingerprint density at radius 3 is 2.43 bits per heavy atom. The average molecular weight is 451 g/mol. The molecule has 2 aromatic heterocycles. The van der Waals surface area contributed by atoms with Crippen LogP contribution < -0.4 is 9.47 Å². The molecule has 5 rings (SSSR count). The molecule has 2 aliphatic heterocycles. The molecule has 2 atom stereocenters. The molecule has 2 unspecified atom stereocenters. The molecule has 3 fully saturated rings. The Morgan fingerprint density at radius 2 is 1.77 bits per heavy atom. The molecular formula is C20H23ClN4O4S. The highest BCUT2D eigenvalue weighted by atomic mass is 35.5. The second-order valence-electron chi connectivity index (χ2n) is 8.17. The van der Waals surface area contributed by atoms with Crippen LogP contribution in [-0.4, -0.2) is 51.1 Å². The van der Waals surface area contributed by atoms with E-state index in [1.165, 1.54) is 6.33 Å². The van der Waals surface area contributed by atoms with Crippen molar-refractivity contribution in [2.24, 2.45) is 0 Å². The van der Waals surface area contributed by atoms with Crippen molar-refractivity contribution in [3.05, 3.63) is 35.4 Å². The minimum atomic E-state index is -3.16. The maximum absolute atomic E-state index is 12.8. The van der Waals surface area contributed by atoms with Crippen LogP contribution in [0.5, 0.6) is 17.5 Å². The van der Waals surface area contributed by atoms with Gasteiger partial charge >= 0.3 is 0 Å². The summed E-state index contributed by atoms with van der Waals surface area (Å²) in [5, 5.41) is 0.0833. The van der Waals surface area contributed by atoms with Crippen molar-refractivity contribution >= 4 is 21.6 Å². The van der Waals surface area contributed by atoms with Crippen molar-refractivity contribution in [1.29, 1.82) is 0 Å². The highest BCUT2D eigenvalue weighted by Crippen LogP contribution is 2.44. The van der Waals surface area contributed by atoms with Crippen molar-refractivity contribution in [1.82, 2.24) is 19.3 Å². The average Bonchev–Trinajstić information content (AvgIpc) is 3.53. The van der Waals surface area contributed by atoms with E-state index in [0.29, 0.717) is 35.9 Å². The second kappa shape index (κ2) is 7.62. The molecule has 1 saturated carbocycles. The van der Waals surface area contributed by atoms with E-state index in [2.05, 4.69) is 15.0 Å². The molecule has 0 aromatic carbocycles. The number of sulfonamides is 1. The monoisotopic (exact) mass is 450 g/mol. The zero-order valence-corrected chi connectivity index (χ0v) is 18.1. The Hall–Kier alpha value is -1.97. The topological polar surface area (TPSA) is 94.5 Å². The van der Waals surface area contributed by atoms with Crippen LogP contribution in [0.4, 0.5) is 0 Å². The lowest BCUT2D eigenvalue weighted by Crippen LogP contribution is -2.50. The van der Waals surface area contributed by atoms with Gasteiger partial charge in [-0.2, -0.15) is 4.31 Å². The fourth-order valence-corrected chi connectivity index (χ4v) is 6.93. The van der Waals surface area contributed by atoms with Crippen LogP contribution in [0.2, 0.25) is 5.15 Å². The van der Waals surface area contributed by atoms with Crippen LogP contribution in [-0.2, 0) is 10.0 Å². The predicted molar refractivity (Wildman–Crippen MR) is 110 cm³/mol. The summed E-state index contributed by atoms with van der Waals surface area (Å²) in [6, 6.07) is 3.48. The third-order valence-electron chi connectivity index (χ3n) is 6.06. The molecule has 3 aliphatic rings. The van der Waals surface area contributed by atoms with Crippen LogP contribution in [0, 0.1) is 6.92 Å². The number of nitrogens with zero attached hydrogens (tertiary/aromatic N) is 4. The van der Waals surface area contributed by atoms with Crippen LogP contribution in [0.3, 0.4) is 0 Å². The summed E-state index contributed by atoms with van der Waals surface area (Å²) in [5.74, 6) is 1.21. The van der Waals surface area contributed by atoms with Gasteiger partial charge in [0.05, 0.1) is 10.8 Å². The Kier molecular flexibility index (Phi) is 5.07. The van der Waals surface area contributed by atoms with Crippen LogP contribution in [0.25, 0.3) is 0 Å². The first-order valence-electron chi connectivity index (χ1n) is 10.2. The van der Waals surface area contributed by atoms with E-state index < -0.39 is 10.0 Å². The number of fused-ring (bicyclic) bond motifs is 2. The zero-order chi connectivity index (χ0) is 20.9. The maximum Gasteiger partial charge on any atom is 0.229 e. The van der Waals surface area contributed by atoms with Crippen LogP contribution >= 0.6 is 11.6 Å². The molecule has 0 radical (unpaired) electrons. The number of ether oxygens (including phenoxy) is 2. The van der Waals surface area contributed by atoms with Gasteiger partial charge < -0.3 is 9.47 Å². The van der Waals surface area contributed by atoms with E-state index in [-0.39, 0.29) is 28.6 Å². The maximum atomic E-state index is 12.8. The molecule has 0 spiro atoms. The van der Waals surface area contributed by atoms with E-state index in [1.54, 1.807) is 22.6 Å². The summed E-state index contributed by atoms with van der Waals surface area (Å²) in [6.45, 7) is 1.83. The van der Waals surface area contributed by atoms with Crippen molar-refractivity contribution in [2.45, 2.75) is 68.9 Å². The molecule has 30 heavy (non-hydrogen) atoms. The molecular weight excluding hydrogens is 428 g/mol. The lowest BCUT2D eigenvalue weighted by molar-refractivity contribution is 0.0906. The van der Waals surface area contributed by atoms with Gasteiger partial charge in [-0.25, -0.2) is 23.4 Å². The number of hydrogen-bond acceptors (Lipinski definition) is 7. The summed E-state index contributed by atoms with van der Waals surface area (Å²) < 4.78 is 39.4. The van der Waals surface area contributed by atoms with E-state index in [0.717, 1.165) is 25.7 Å². The Labute approximate surface area is 180 Å². The minimum absolute atomic E-state index is 0.0198. The molecule has 10 heteroatoms. The summed E-state index contributed by atoms with van der Waals surface area (Å²) in [4.78, 5) is 12.5. The number of piperidine rings is 1. The number of aromatic nitrogens is 3. The SMILES string of the molecule is Cc1c(Oc2cccnc2Cl)ncnc1OC1CC2CCC(C1)N2S(=O)(=O)C1CC1. The number of pyridine rings is 1. The Morgan fingerprint density at radius 1 is 1.07 bits per heavy atom. The van der Waals surface area contributed by atoms with Gasteiger partial charge in [0.2, 0.25) is 21.8 Å². The molecule has 4 heterocycles. The minimum Gasteiger partial charge on any atom is -0.474 e. The fraction of sp³-hybridized carbons (Fsp3) is 0.550. The zero-order valence-electron chi connectivity index (χ0n) is 16.6. The summed E-state index contributed by atoms with van der Waals surface area (Å²) >= 11 is 6.07. The summed E-state index contributed by atoms with van der Waals surface area (Å²) in [5.41, 5.74) is 0.665. The van der Waals surface area contributed by atoms with Crippen molar-refractivity contribution in [3.8, 4) is 17.5 Å². The third kappa shape index (κ3) is 3.63. The predicted octanol–water partition coefficient (Wildman–Crippen LogP) is 3.49. The normalized spacial score (nSPS) is 26.5. The fourth-order valence-electron chi connectivity index (χ4n) is 4.48. The number of hydrogen-bond donors (Lipinski definition) is 0. The largest absolute Gasteiger partial charge is 0.474 e. The molecule has 2 bridgehead atoms. The van der Waals surface area contributed by atoms with E-state index in [4.69, 9.17) is 21.1 Å². The van der Waals surface area contributed by atoms with Crippen LogP contribution in [0.15, 0.2) is 24.7 Å². The van der Waals surface area contributed by atoms with Gasteiger partial charge in [0.15, 0.2) is 10.9 Å². The summed E-state index contributed by atoms with van der Waals surface area (Å²) in [6.07, 6.45) is 7.62. The highest BCUT2D eigenvalue weighted by Gasteiger charge is 2.52. The molecule has 0 N–H and O–H groups in total. The van der Waals surface area contributed by atoms with E-state index in [1.807, 2.05) is 6.92 Å². The first-order valence-corrected chi connectivity index (χ1v) is 12.1. The summed E-state index contributed by atoms with van der Waals surface area (Å²) in [7, 11) is -3.16. The molecule has 1 aliphatic carbocycles. The van der Waals surface area contributed by atoms with Gasteiger partial charge in [0, 0.05) is 31.1 Å². The van der Waals surface area contributed by atoms with Gasteiger partial charge in [-0.3, -0.25) is 0 Å². The van der Waals surface area contributed by atoms with E-state index >= 15 is 0 Å². The van der Waals surface area contributed by atoms with Gasteiger partial charge in [-0.05, 0) is 44.7 Å². The Bertz CT molecular complexity index is 1050. The quantitative estimate of drug-likeness (QED) is 0.621. The van der Waals surface area contributed by atoms with Crippen molar-refractivity contribution in [2.75, 3.05) is 0 Å². The second-order valence-corrected chi connectivity index (χ2v) is 10.7. The standard InChI is InChI=1S/C20H23ClN4O4S/c1-12-19(23-11-24-20(12)29-17-3-2-8-22-18(17)21)28-15-9-13-4-5-14(10-15)25(13)30(26,27)16-6-7-16/h2-3,8,11,13-16H,4-7,9-10H2,1H3. The van der Waals surface area contributed by atoms with Gasteiger partial charge in [-0.1, -0.05) is 11.6 Å². The molecule has 160 valence electrons. The number of rotatable bonds is 6. The molecule has 2 aromatic rings. The van der Waals surface area contributed by atoms with Crippen molar-refractivity contribution < 1.29 is 17.9 Å². The lowest BCUT2D eigenvalue weighted by atomic mass is 10.0. The smallest absolute Gasteiger partial charge is 0.229 e. The highest BCUT2D eigenvalue weighted by molar-refractivity contribution is 7.90. The van der Waals surface area contributed by atoms with Gasteiger partial charge in [0.1, 0.15) is 12.4 Å².